The monoisotopic (exact) mass is 368 g/mol. The molecule has 1 aliphatic carbocycles. The number of aromatic nitrogens is 1. The minimum atomic E-state index is -0.269. The SMILES string of the molecule is CCOC(=O)Cc1csc(SCC(=O)NCCC2=CCCCC2)n1. The second kappa shape index (κ2) is 10.5. The highest BCUT2D eigenvalue weighted by atomic mass is 32.2. The number of thiazole rings is 1. The van der Waals surface area contributed by atoms with E-state index in [1.54, 1.807) is 6.92 Å². The quantitative estimate of drug-likeness (QED) is 0.411. The highest BCUT2D eigenvalue weighted by molar-refractivity contribution is 8.01. The van der Waals surface area contributed by atoms with E-state index in [1.807, 2.05) is 5.38 Å². The summed E-state index contributed by atoms with van der Waals surface area (Å²) in [6, 6.07) is 0. The van der Waals surface area contributed by atoms with Crippen LogP contribution in [0.5, 0.6) is 0 Å². The predicted molar refractivity (Wildman–Crippen MR) is 97.4 cm³/mol. The van der Waals surface area contributed by atoms with Gasteiger partial charge in [0.05, 0.1) is 24.5 Å². The van der Waals surface area contributed by atoms with Crippen molar-refractivity contribution in [3.05, 3.63) is 22.7 Å². The van der Waals surface area contributed by atoms with Crippen molar-refractivity contribution < 1.29 is 14.3 Å². The molecule has 0 atom stereocenters. The van der Waals surface area contributed by atoms with Gasteiger partial charge in [-0.2, -0.15) is 0 Å². The van der Waals surface area contributed by atoms with Crippen LogP contribution >= 0.6 is 23.1 Å². The van der Waals surface area contributed by atoms with E-state index >= 15 is 0 Å². The molecule has 1 N–H and O–H groups in total. The summed E-state index contributed by atoms with van der Waals surface area (Å²) in [5.74, 6) is 0.110. The molecule has 24 heavy (non-hydrogen) atoms. The molecular weight excluding hydrogens is 344 g/mol. The summed E-state index contributed by atoms with van der Waals surface area (Å²) in [5.41, 5.74) is 2.17. The predicted octanol–water partition coefficient (Wildman–Crippen LogP) is 3.35. The molecule has 1 aliphatic rings. The van der Waals surface area contributed by atoms with E-state index in [0.29, 0.717) is 24.6 Å². The third kappa shape index (κ3) is 7.05. The Morgan fingerprint density at radius 3 is 3.04 bits per heavy atom. The third-order valence-electron chi connectivity index (χ3n) is 3.64. The lowest BCUT2D eigenvalue weighted by atomic mass is 9.97. The van der Waals surface area contributed by atoms with Gasteiger partial charge in [-0.1, -0.05) is 23.4 Å². The zero-order valence-electron chi connectivity index (χ0n) is 14.0. The normalized spacial score (nSPS) is 14.1. The number of hydrogen-bond donors (Lipinski definition) is 1. The molecule has 0 aliphatic heterocycles. The van der Waals surface area contributed by atoms with Crippen LogP contribution in [0.15, 0.2) is 21.4 Å². The van der Waals surface area contributed by atoms with Crippen LogP contribution in [0.4, 0.5) is 0 Å². The number of allylic oxidation sites excluding steroid dienone is 1. The maximum absolute atomic E-state index is 11.9. The van der Waals surface area contributed by atoms with Gasteiger partial charge in [-0.05, 0) is 39.0 Å². The molecule has 0 bridgehead atoms. The summed E-state index contributed by atoms with van der Waals surface area (Å²) in [6.45, 7) is 2.86. The van der Waals surface area contributed by atoms with Gasteiger partial charge in [-0.3, -0.25) is 9.59 Å². The molecular formula is C17H24N2O3S2. The van der Waals surface area contributed by atoms with Crippen LogP contribution in [0, 0.1) is 0 Å². The van der Waals surface area contributed by atoms with E-state index in [4.69, 9.17) is 4.74 Å². The molecule has 0 unspecified atom stereocenters. The van der Waals surface area contributed by atoms with Gasteiger partial charge in [0.25, 0.3) is 0 Å². The molecule has 0 spiro atoms. The van der Waals surface area contributed by atoms with E-state index in [-0.39, 0.29) is 18.3 Å². The summed E-state index contributed by atoms with van der Waals surface area (Å²) in [4.78, 5) is 27.6. The summed E-state index contributed by atoms with van der Waals surface area (Å²) < 4.78 is 5.70. The van der Waals surface area contributed by atoms with Crippen molar-refractivity contribution in [2.45, 2.75) is 49.8 Å². The minimum absolute atomic E-state index is 0.0264. The van der Waals surface area contributed by atoms with Gasteiger partial charge in [0.2, 0.25) is 5.91 Å². The number of esters is 1. The first-order valence-electron chi connectivity index (χ1n) is 8.34. The Morgan fingerprint density at radius 2 is 2.29 bits per heavy atom. The van der Waals surface area contributed by atoms with Crippen molar-refractivity contribution in [2.75, 3.05) is 18.9 Å². The first-order chi connectivity index (χ1) is 11.7. The Labute approximate surface area is 151 Å². The molecule has 0 saturated carbocycles. The van der Waals surface area contributed by atoms with Crippen molar-refractivity contribution in [2.24, 2.45) is 0 Å². The molecule has 132 valence electrons. The van der Waals surface area contributed by atoms with Crippen molar-refractivity contribution in [3.63, 3.8) is 0 Å². The highest BCUT2D eigenvalue weighted by Gasteiger charge is 2.10. The standard InChI is InChI=1S/C17H24N2O3S2/c1-2-22-16(21)10-14-11-23-17(19-14)24-12-15(20)18-9-8-13-6-4-3-5-7-13/h6,11H,2-5,7-10,12H2,1H3,(H,18,20). The van der Waals surface area contributed by atoms with Crippen molar-refractivity contribution in [3.8, 4) is 0 Å². The number of carbonyl (C=O) groups excluding carboxylic acids is 2. The lowest BCUT2D eigenvalue weighted by molar-refractivity contribution is -0.142. The molecule has 0 aromatic carbocycles. The zero-order valence-corrected chi connectivity index (χ0v) is 15.6. The third-order valence-corrected chi connectivity index (χ3v) is 5.71. The van der Waals surface area contributed by atoms with E-state index in [2.05, 4.69) is 16.4 Å². The van der Waals surface area contributed by atoms with Crippen LogP contribution in [0.2, 0.25) is 0 Å². The van der Waals surface area contributed by atoms with Crippen LogP contribution in [-0.2, 0) is 20.7 Å². The first-order valence-corrected chi connectivity index (χ1v) is 10.2. The van der Waals surface area contributed by atoms with Gasteiger partial charge in [-0.25, -0.2) is 4.98 Å². The number of hydrogen-bond acceptors (Lipinski definition) is 6. The topological polar surface area (TPSA) is 68.3 Å². The van der Waals surface area contributed by atoms with Crippen molar-refractivity contribution in [1.82, 2.24) is 10.3 Å². The van der Waals surface area contributed by atoms with Gasteiger partial charge in [0, 0.05) is 11.9 Å². The van der Waals surface area contributed by atoms with Gasteiger partial charge >= 0.3 is 5.97 Å². The fraction of sp³-hybridized carbons (Fsp3) is 0.588. The Bertz CT molecular complexity index is 584. The van der Waals surface area contributed by atoms with Crippen LogP contribution in [0.25, 0.3) is 0 Å². The molecule has 0 fully saturated rings. The molecule has 0 radical (unpaired) electrons. The number of rotatable bonds is 9. The number of ether oxygens (including phenoxy) is 1. The number of carbonyl (C=O) groups is 2. The van der Waals surface area contributed by atoms with Gasteiger partial charge in [0.1, 0.15) is 0 Å². The Balaban J connectivity index is 1.63. The molecule has 1 amide bonds. The number of thioether (sulfide) groups is 1. The maximum atomic E-state index is 11.9. The van der Waals surface area contributed by atoms with Gasteiger partial charge < -0.3 is 10.1 Å². The second-order valence-electron chi connectivity index (χ2n) is 5.58. The summed E-state index contributed by atoms with van der Waals surface area (Å²) in [5, 5.41) is 4.80. The Morgan fingerprint density at radius 1 is 1.42 bits per heavy atom. The van der Waals surface area contributed by atoms with Crippen molar-refractivity contribution >= 4 is 35.0 Å². The van der Waals surface area contributed by atoms with E-state index < -0.39 is 0 Å². The van der Waals surface area contributed by atoms with Crippen LogP contribution in [0.3, 0.4) is 0 Å². The van der Waals surface area contributed by atoms with Crippen LogP contribution < -0.4 is 5.32 Å². The first kappa shape index (κ1) is 19.0. The average Bonchev–Trinajstić information content (AvgIpc) is 3.01. The summed E-state index contributed by atoms with van der Waals surface area (Å²) in [6.07, 6.45) is 8.37. The molecule has 1 aromatic rings. The Hall–Kier alpha value is -1.34. The molecule has 2 rings (SSSR count). The fourth-order valence-corrected chi connectivity index (χ4v) is 4.14. The summed E-state index contributed by atoms with van der Waals surface area (Å²) >= 11 is 2.86. The fourth-order valence-electron chi connectivity index (χ4n) is 2.47. The van der Waals surface area contributed by atoms with Gasteiger partial charge in [-0.15, -0.1) is 11.3 Å². The maximum Gasteiger partial charge on any atom is 0.311 e. The van der Waals surface area contributed by atoms with E-state index in [0.717, 1.165) is 10.8 Å². The Kier molecular flexibility index (Phi) is 8.32. The van der Waals surface area contributed by atoms with Crippen LogP contribution in [0.1, 0.15) is 44.7 Å². The molecule has 7 heteroatoms. The van der Waals surface area contributed by atoms with Crippen molar-refractivity contribution in [1.29, 1.82) is 0 Å². The zero-order chi connectivity index (χ0) is 17.2. The van der Waals surface area contributed by atoms with Crippen LogP contribution in [-0.4, -0.2) is 35.8 Å². The second-order valence-corrected chi connectivity index (χ2v) is 7.66. The van der Waals surface area contributed by atoms with E-state index in [1.165, 1.54) is 54.4 Å². The number of amides is 1. The van der Waals surface area contributed by atoms with Gasteiger partial charge in [0.15, 0.2) is 4.34 Å². The lowest BCUT2D eigenvalue weighted by Gasteiger charge is -2.12. The molecule has 1 heterocycles. The molecule has 0 saturated heterocycles. The smallest absolute Gasteiger partial charge is 0.311 e. The summed E-state index contributed by atoms with van der Waals surface area (Å²) in [7, 11) is 0. The minimum Gasteiger partial charge on any atom is -0.466 e. The largest absolute Gasteiger partial charge is 0.466 e. The number of nitrogens with zero attached hydrogens (tertiary/aromatic N) is 1. The van der Waals surface area contributed by atoms with E-state index in [9.17, 15) is 9.59 Å². The molecule has 5 nitrogen and oxygen atoms in total. The highest BCUT2D eigenvalue weighted by Crippen LogP contribution is 2.23. The lowest BCUT2D eigenvalue weighted by Crippen LogP contribution is -2.26. The number of nitrogens with one attached hydrogen (secondary N) is 1. The molecule has 1 aromatic heterocycles. The average molecular weight is 369 g/mol.